The van der Waals surface area contributed by atoms with Gasteiger partial charge in [0.15, 0.2) is 5.96 Å². The fourth-order valence-corrected chi connectivity index (χ4v) is 1.81. The molecule has 114 valence electrons. The van der Waals surface area contributed by atoms with Gasteiger partial charge in [-0.05, 0) is 19.3 Å². The Balaban J connectivity index is 0.00000324. The van der Waals surface area contributed by atoms with Crippen LogP contribution in [-0.4, -0.2) is 52.5 Å². The second-order valence-electron chi connectivity index (χ2n) is 4.58. The van der Waals surface area contributed by atoms with Crippen LogP contribution in [0.1, 0.15) is 26.2 Å². The zero-order valence-corrected chi connectivity index (χ0v) is 14.4. The molecule has 1 saturated heterocycles. The minimum atomic E-state index is 0. The Bertz CT molecular complexity index is 234. The van der Waals surface area contributed by atoms with Crippen LogP contribution in [0.5, 0.6) is 0 Å². The van der Waals surface area contributed by atoms with Crippen LogP contribution in [0.15, 0.2) is 4.99 Å². The maximum Gasteiger partial charge on any atom is 0.190 e. The number of guanidine groups is 1. The van der Waals surface area contributed by atoms with Crippen LogP contribution in [0, 0.1) is 5.92 Å². The first-order valence-electron chi connectivity index (χ1n) is 6.96. The molecule has 1 unspecified atom stereocenters. The Morgan fingerprint density at radius 2 is 2.16 bits per heavy atom. The highest BCUT2D eigenvalue weighted by atomic mass is 127. The second-order valence-corrected chi connectivity index (χ2v) is 4.58. The van der Waals surface area contributed by atoms with Gasteiger partial charge < -0.3 is 20.1 Å². The summed E-state index contributed by atoms with van der Waals surface area (Å²) in [5.74, 6) is 1.48. The van der Waals surface area contributed by atoms with Crippen LogP contribution in [-0.2, 0) is 9.47 Å². The average molecular weight is 385 g/mol. The number of nitrogens with one attached hydrogen (secondary N) is 2. The third kappa shape index (κ3) is 9.45. The Morgan fingerprint density at radius 1 is 1.37 bits per heavy atom. The molecule has 1 atom stereocenters. The molecule has 5 nitrogen and oxygen atoms in total. The molecule has 0 radical (unpaired) electrons. The molecule has 2 N–H and O–H groups in total. The lowest BCUT2D eigenvalue weighted by atomic mass is 10.1. The smallest absolute Gasteiger partial charge is 0.190 e. The quantitative estimate of drug-likeness (QED) is 0.289. The maximum atomic E-state index is 5.63. The number of hydrogen-bond donors (Lipinski definition) is 2. The van der Waals surface area contributed by atoms with E-state index in [0.29, 0.717) is 5.92 Å². The highest BCUT2D eigenvalue weighted by molar-refractivity contribution is 14.0. The van der Waals surface area contributed by atoms with Crippen LogP contribution < -0.4 is 10.6 Å². The molecule has 0 aromatic heterocycles. The van der Waals surface area contributed by atoms with Crippen LogP contribution in [0.2, 0.25) is 0 Å². The first-order valence-corrected chi connectivity index (χ1v) is 6.96. The van der Waals surface area contributed by atoms with Crippen LogP contribution in [0.4, 0.5) is 0 Å². The molecule has 0 spiro atoms. The normalized spacial score (nSPS) is 19.1. The van der Waals surface area contributed by atoms with Gasteiger partial charge in [0.05, 0.1) is 13.2 Å². The van der Waals surface area contributed by atoms with E-state index in [4.69, 9.17) is 9.47 Å². The Labute approximate surface area is 133 Å². The van der Waals surface area contributed by atoms with Gasteiger partial charge in [-0.3, -0.25) is 4.99 Å². The first-order chi connectivity index (χ1) is 8.86. The molecule has 1 aliphatic heterocycles. The minimum absolute atomic E-state index is 0. The summed E-state index contributed by atoms with van der Waals surface area (Å²) in [5, 5.41) is 6.50. The molecule has 0 aliphatic carbocycles. The van der Waals surface area contributed by atoms with E-state index in [9.17, 15) is 0 Å². The van der Waals surface area contributed by atoms with Crippen molar-refractivity contribution in [3.05, 3.63) is 0 Å². The molecular weight excluding hydrogens is 357 g/mol. The van der Waals surface area contributed by atoms with E-state index in [0.717, 1.165) is 64.7 Å². The van der Waals surface area contributed by atoms with E-state index < -0.39 is 0 Å². The van der Waals surface area contributed by atoms with E-state index in [1.165, 1.54) is 0 Å². The Kier molecular flexibility index (Phi) is 12.9. The summed E-state index contributed by atoms with van der Waals surface area (Å²) in [6.07, 6.45) is 3.25. The number of hydrogen-bond acceptors (Lipinski definition) is 3. The summed E-state index contributed by atoms with van der Waals surface area (Å²) >= 11 is 0. The van der Waals surface area contributed by atoms with Gasteiger partial charge in [0.25, 0.3) is 0 Å². The zero-order valence-electron chi connectivity index (χ0n) is 12.1. The Morgan fingerprint density at radius 3 is 2.79 bits per heavy atom. The summed E-state index contributed by atoms with van der Waals surface area (Å²) in [5.41, 5.74) is 0. The first kappa shape index (κ1) is 18.9. The third-order valence-electron chi connectivity index (χ3n) is 2.90. The summed E-state index contributed by atoms with van der Waals surface area (Å²) < 4.78 is 10.9. The number of aliphatic imine (C=N–C) groups is 1. The second kappa shape index (κ2) is 12.9. The van der Waals surface area contributed by atoms with Crippen molar-refractivity contribution in [3.63, 3.8) is 0 Å². The Hall–Kier alpha value is -0.0800. The fraction of sp³-hybridized carbons (Fsp3) is 0.923. The van der Waals surface area contributed by atoms with Crippen LogP contribution in [0.25, 0.3) is 0 Å². The molecule has 0 bridgehead atoms. The SMILES string of the molecule is CCCNC(=NC)NCCCOCC1CCOC1.I. The molecule has 1 rings (SSSR count). The van der Waals surface area contributed by atoms with Gasteiger partial charge in [-0.2, -0.15) is 0 Å². The molecule has 0 amide bonds. The van der Waals surface area contributed by atoms with Crippen molar-refractivity contribution in [2.24, 2.45) is 10.9 Å². The predicted molar refractivity (Wildman–Crippen MR) is 89.4 cm³/mol. The van der Waals surface area contributed by atoms with Crippen molar-refractivity contribution >= 4 is 29.9 Å². The van der Waals surface area contributed by atoms with Gasteiger partial charge in [-0.1, -0.05) is 6.92 Å². The van der Waals surface area contributed by atoms with E-state index in [2.05, 4.69) is 22.5 Å². The van der Waals surface area contributed by atoms with Crippen molar-refractivity contribution in [1.29, 1.82) is 0 Å². The molecule has 1 fully saturated rings. The van der Waals surface area contributed by atoms with E-state index >= 15 is 0 Å². The standard InChI is InChI=1S/C13H27N3O2.HI/c1-3-6-15-13(14-2)16-7-4-8-17-10-12-5-9-18-11-12;/h12H,3-11H2,1-2H3,(H2,14,15,16);1H. The van der Waals surface area contributed by atoms with Gasteiger partial charge in [-0.25, -0.2) is 0 Å². The number of ether oxygens (including phenoxy) is 2. The van der Waals surface area contributed by atoms with Crippen molar-refractivity contribution in [2.75, 3.05) is 46.6 Å². The van der Waals surface area contributed by atoms with Gasteiger partial charge in [-0.15, -0.1) is 24.0 Å². The van der Waals surface area contributed by atoms with Gasteiger partial charge >= 0.3 is 0 Å². The summed E-state index contributed by atoms with van der Waals surface area (Å²) in [7, 11) is 1.79. The van der Waals surface area contributed by atoms with Crippen molar-refractivity contribution in [1.82, 2.24) is 10.6 Å². The predicted octanol–water partition coefficient (Wildman–Crippen LogP) is 1.62. The minimum Gasteiger partial charge on any atom is -0.381 e. The highest BCUT2D eigenvalue weighted by Gasteiger charge is 2.14. The van der Waals surface area contributed by atoms with Gasteiger partial charge in [0.1, 0.15) is 0 Å². The zero-order chi connectivity index (χ0) is 13.1. The van der Waals surface area contributed by atoms with E-state index in [-0.39, 0.29) is 24.0 Å². The van der Waals surface area contributed by atoms with Crippen molar-refractivity contribution in [2.45, 2.75) is 26.2 Å². The lowest BCUT2D eigenvalue weighted by Crippen LogP contribution is -2.38. The van der Waals surface area contributed by atoms with E-state index in [1.807, 2.05) is 0 Å². The van der Waals surface area contributed by atoms with Crippen molar-refractivity contribution in [3.8, 4) is 0 Å². The summed E-state index contributed by atoms with van der Waals surface area (Å²) in [6, 6.07) is 0. The summed E-state index contributed by atoms with van der Waals surface area (Å²) in [6.45, 7) is 7.39. The molecule has 0 aromatic carbocycles. The largest absolute Gasteiger partial charge is 0.381 e. The topological polar surface area (TPSA) is 54.9 Å². The molecule has 19 heavy (non-hydrogen) atoms. The monoisotopic (exact) mass is 385 g/mol. The average Bonchev–Trinajstić information content (AvgIpc) is 2.90. The third-order valence-corrected chi connectivity index (χ3v) is 2.90. The molecule has 6 heteroatoms. The van der Waals surface area contributed by atoms with E-state index in [1.54, 1.807) is 7.05 Å². The number of halogens is 1. The lowest BCUT2D eigenvalue weighted by molar-refractivity contribution is 0.0888. The molecular formula is C13H28IN3O2. The van der Waals surface area contributed by atoms with Gasteiger partial charge in [0.2, 0.25) is 0 Å². The van der Waals surface area contributed by atoms with Gasteiger partial charge in [0, 0.05) is 39.3 Å². The molecule has 1 heterocycles. The van der Waals surface area contributed by atoms with Crippen LogP contribution in [0.3, 0.4) is 0 Å². The fourth-order valence-electron chi connectivity index (χ4n) is 1.81. The molecule has 1 aliphatic rings. The maximum absolute atomic E-state index is 5.63. The lowest BCUT2D eigenvalue weighted by Gasteiger charge is -2.12. The van der Waals surface area contributed by atoms with Crippen molar-refractivity contribution < 1.29 is 9.47 Å². The molecule has 0 aromatic rings. The summed E-state index contributed by atoms with van der Waals surface area (Å²) in [4.78, 5) is 4.14. The highest BCUT2D eigenvalue weighted by Crippen LogP contribution is 2.12. The van der Waals surface area contributed by atoms with Crippen LogP contribution >= 0.6 is 24.0 Å². The number of rotatable bonds is 8. The molecule has 0 saturated carbocycles. The number of nitrogens with zero attached hydrogens (tertiary/aromatic N) is 1.